The Hall–Kier alpha value is -3.04. The van der Waals surface area contributed by atoms with E-state index in [4.69, 9.17) is 21.1 Å². The predicted molar refractivity (Wildman–Crippen MR) is 113 cm³/mol. The number of rotatable bonds is 8. The van der Waals surface area contributed by atoms with Gasteiger partial charge in [0.05, 0.1) is 12.3 Å². The van der Waals surface area contributed by atoms with Gasteiger partial charge < -0.3 is 19.4 Å². The molecule has 0 saturated heterocycles. The molecular formula is C20H20ClN3O5S. The topological polar surface area (TPSA) is 99.5 Å². The number of aromatic nitrogens is 2. The van der Waals surface area contributed by atoms with Gasteiger partial charge in [0.2, 0.25) is 20.9 Å². The van der Waals surface area contributed by atoms with Crippen molar-refractivity contribution in [3.05, 3.63) is 59.9 Å². The number of anilines is 1. The first-order valence-electron chi connectivity index (χ1n) is 8.97. The minimum atomic E-state index is -3.56. The van der Waals surface area contributed by atoms with E-state index in [1.54, 1.807) is 42.5 Å². The summed E-state index contributed by atoms with van der Waals surface area (Å²) in [6.07, 6.45) is 3.78. The number of carbonyl (C=O) groups excluding carboxylic acids is 1. The third-order valence-corrected chi connectivity index (χ3v) is 5.14. The second-order valence-corrected chi connectivity index (χ2v) is 8.65. The van der Waals surface area contributed by atoms with Crippen molar-refractivity contribution in [2.24, 2.45) is 0 Å². The van der Waals surface area contributed by atoms with Crippen molar-refractivity contribution in [2.75, 3.05) is 18.2 Å². The first kappa shape index (κ1) is 21.7. The molecule has 158 valence electrons. The maximum absolute atomic E-state index is 12.5. The van der Waals surface area contributed by atoms with Crippen molar-refractivity contribution in [3.63, 3.8) is 0 Å². The molecule has 0 spiro atoms. The fourth-order valence-electron chi connectivity index (χ4n) is 2.68. The summed E-state index contributed by atoms with van der Waals surface area (Å²) < 4.78 is 36.0. The fourth-order valence-corrected chi connectivity index (χ4v) is 3.65. The quantitative estimate of drug-likeness (QED) is 0.562. The molecule has 0 aliphatic rings. The Labute approximate surface area is 179 Å². The normalized spacial score (nSPS) is 11.2. The number of carbonyl (C=O) groups is 1. The number of nitrogens with one attached hydrogen (secondary N) is 1. The molecular weight excluding hydrogens is 430 g/mol. The van der Waals surface area contributed by atoms with Crippen molar-refractivity contribution in [3.8, 4) is 17.2 Å². The smallest absolute Gasteiger partial charge is 0.244 e. The highest BCUT2D eigenvalue weighted by atomic mass is 35.5. The minimum absolute atomic E-state index is 0.186. The largest absolute Gasteiger partial charge is 0.494 e. The number of benzene rings is 2. The van der Waals surface area contributed by atoms with Crippen molar-refractivity contribution >= 4 is 33.0 Å². The molecule has 0 aliphatic heterocycles. The number of halogens is 1. The molecule has 10 heteroatoms. The van der Waals surface area contributed by atoms with E-state index in [-0.39, 0.29) is 11.7 Å². The molecule has 1 amide bonds. The van der Waals surface area contributed by atoms with Gasteiger partial charge in [0, 0.05) is 23.7 Å². The van der Waals surface area contributed by atoms with E-state index < -0.39 is 15.7 Å². The van der Waals surface area contributed by atoms with Gasteiger partial charge in [0.25, 0.3) is 0 Å². The van der Waals surface area contributed by atoms with Gasteiger partial charge in [-0.1, -0.05) is 11.6 Å². The molecule has 0 bridgehead atoms. The van der Waals surface area contributed by atoms with E-state index in [0.717, 1.165) is 12.0 Å². The molecule has 0 aliphatic carbocycles. The van der Waals surface area contributed by atoms with Gasteiger partial charge >= 0.3 is 0 Å². The molecule has 30 heavy (non-hydrogen) atoms. The zero-order valence-corrected chi connectivity index (χ0v) is 17.9. The van der Waals surface area contributed by atoms with Crippen molar-refractivity contribution in [1.29, 1.82) is 0 Å². The molecule has 8 nitrogen and oxygen atoms in total. The van der Waals surface area contributed by atoms with Crippen LogP contribution < -0.4 is 14.8 Å². The highest BCUT2D eigenvalue weighted by Crippen LogP contribution is 2.32. The summed E-state index contributed by atoms with van der Waals surface area (Å²) >= 11 is 6.07. The van der Waals surface area contributed by atoms with Crippen LogP contribution >= 0.6 is 11.6 Å². The van der Waals surface area contributed by atoms with Gasteiger partial charge in [0.1, 0.15) is 18.0 Å². The number of imidazole rings is 1. The van der Waals surface area contributed by atoms with Crippen LogP contribution in [0, 0.1) is 0 Å². The summed E-state index contributed by atoms with van der Waals surface area (Å²) in [5.41, 5.74) is 0.349. The molecule has 0 radical (unpaired) electrons. The van der Waals surface area contributed by atoms with Crippen molar-refractivity contribution in [1.82, 2.24) is 9.55 Å². The molecule has 0 saturated carbocycles. The van der Waals surface area contributed by atoms with E-state index in [9.17, 15) is 13.2 Å². The van der Waals surface area contributed by atoms with Crippen LogP contribution in [0.1, 0.15) is 6.92 Å². The highest BCUT2D eigenvalue weighted by Gasteiger charge is 2.17. The first-order valence-corrected chi connectivity index (χ1v) is 11.2. The second kappa shape index (κ2) is 9.19. The van der Waals surface area contributed by atoms with Gasteiger partial charge in [-0.2, -0.15) is 0 Å². The molecule has 0 fully saturated rings. The predicted octanol–water partition coefficient (Wildman–Crippen LogP) is 3.77. The minimum Gasteiger partial charge on any atom is -0.494 e. The molecule has 3 aromatic rings. The Balaban J connectivity index is 1.77. The lowest BCUT2D eigenvalue weighted by Crippen LogP contribution is -2.21. The summed E-state index contributed by atoms with van der Waals surface area (Å²) in [4.78, 5) is 16.3. The summed E-state index contributed by atoms with van der Waals surface area (Å²) in [5.74, 6) is 1.18. The van der Waals surface area contributed by atoms with Crippen LogP contribution in [-0.4, -0.2) is 36.7 Å². The van der Waals surface area contributed by atoms with E-state index in [1.807, 2.05) is 6.92 Å². The monoisotopic (exact) mass is 449 g/mol. The lowest BCUT2D eigenvalue weighted by Gasteiger charge is -2.14. The van der Waals surface area contributed by atoms with Gasteiger partial charge in [-0.3, -0.25) is 4.79 Å². The Morgan fingerprint density at radius 3 is 2.53 bits per heavy atom. The average Bonchev–Trinajstić information content (AvgIpc) is 3.14. The van der Waals surface area contributed by atoms with E-state index in [1.165, 1.54) is 17.0 Å². The Morgan fingerprint density at radius 2 is 1.87 bits per heavy atom. The van der Waals surface area contributed by atoms with Crippen molar-refractivity contribution in [2.45, 2.75) is 18.6 Å². The molecule has 0 unspecified atom stereocenters. The molecule has 1 N–H and O–H groups in total. The number of ether oxygens (including phenoxy) is 2. The van der Waals surface area contributed by atoms with Crippen molar-refractivity contribution < 1.29 is 22.7 Å². The van der Waals surface area contributed by atoms with Gasteiger partial charge in [0.15, 0.2) is 5.75 Å². The summed E-state index contributed by atoms with van der Waals surface area (Å²) in [7, 11) is -3.56. The van der Waals surface area contributed by atoms with Gasteiger partial charge in [-0.15, -0.1) is 0 Å². The Morgan fingerprint density at radius 1 is 1.17 bits per heavy atom. The molecule has 2 aromatic carbocycles. The number of hydrogen-bond donors (Lipinski definition) is 1. The lowest BCUT2D eigenvalue weighted by atomic mass is 10.2. The van der Waals surface area contributed by atoms with Crippen LogP contribution in [0.3, 0.4) is 0 Å². The number of nitrogens with zero attached hydrogens (tertiary/aromatic N) is 2. The standard InChI is InChI=1S/C20H20ClN3O5S/c1-3-28-15-5-7-16(8-6-15)29-18-9-4-14(21)12-17(18)23-19(25)13-24-11-10-22-20(24)30(2,26)27/h4-12H,3,13H2,1-2H3,(H,23,25). The first-order chi connectivity index (χ1) is 14.3. The zero-order valence-electron chi connectivity index (χ0n) is 16.3. The molecule has 0 atom stereocenters. The van der Waals surface area contributed by atoms with E-state index >= 15 is 0 Å². The van der Waals surface area contributed by atoms with Crippen LogP contribution in [0.5, 0.6) is 17.2 Å². The van der Waals surface area contributed by atoms with Crippen LogP contribution in [0.15, 0.2) is 60.0 Å². The van der Waals surface area contributed by atoms with E-state index in [0.29, 0.717) is 28.8 Å². The van der Waals surface area contributed by atoms with Gasteiger partial charge in [-0.25, -0.2) is 13.4 Å². The Kier molecular flexibility index (Phi) is 6.63. The van der Waals surface area contributed by atoms with Crippen LogP contribution in [0.4, 0.5) is 5.69 Å². The van der Waals surface area contributed by atoms with E-state index in [2.05, 4.69) is 10.3 Å². The SMILES string of the molecule is CCOc1ccc(Oc2ccc(Cl)cc2NC(=O)Cn2ccnc2S(C)(=O)=O)cc1. The number of hydrogen-bond acceptors (Lipinski definition) is 6. The van der Waals surface area contributed by atoms with Gasteiger partial charge in [-0.05, 0) is 49.4 Å². The average molecular weight is 450 g/mol. The van der Waals surface area contributed by atoms with Crippen LogP contribution in [-0.2, 0) is 21.2 Å². The third-order valence-electron chi connectivity index (χ3n) is 3.90. The Bertz CT molecular complexity index is 1140. The highest BCUT2D eigenvalue weighted by molar-refractivity contribution is 7.90. The molecule has 1 aromatic heterocycles. The summed E-state index contributed by atoms with van der Waals surface area (Å²) in [5, 5.41) is 2.92. The summed E-state index contributed by atoms with van der Waals surface area (Å²) in [6.45, 7) is 2.22. The molecule has 1 heterocycles. The second-order valence-electron chi connectivity index (χ2n) is 6.31. The zero-order chi connectivity index (χ0) is 21.7. The van der Waals surface area contributed by atoms with Crippen LogP contribution in [0.25, 0.3) is 0 Å². The number of amides is 1. The fraction of sp³-hybridized carbons (Fsp3) is 0.200. The number of sulfone groups is 1. The molecule has 3 rings (SSSR count). The summed E-state index contributed by atoms with van der Waals surface area (Å²) in [6, 6.07) is 11.9. The van der Waals surface area contributed by atoms with Crippen LogP contribution in [0.2, 0.25) is 5.02 Å². The third kappa shape index (κ3) is 5.52. The lowest BCUT2D eigenvalue weighted by molar-refractivity contribution is -0.116. The maximum Gasteiger partial charge on any atom is 0.244 e. The maximum atomic E-state index is 12.5.